The van der Waals surface area contributed by atoms with E-state index in [1.807, 2.05) is 31.2 Å². The molecule has 0 aliphatic heterocycles. The molecule has 0 aliphatic rings. The molecule has 130 valence electrons. The largest absolute Gasteiger partial charge is 0.381 e. The van der Waals surface area contributed by atoms with Crippen molar-refractivity contribution in [3.8, 4) is 16.9 Å². The molecule has 0 fully saturated rings. The van der Waals surface area contributed by atoms with Crippen molar-refractivity contribution in [3.63, 3.8) is 0 Å². The third kappa shape index (κ3) is 3.04. The Balaban J connectivity index is 1.55. The molecule has 0 unspecified atom stereocenters. The highest BCUT2D eigenvalue weighted by Gasteiger charge is 2.11. The summed E-state index contributed by atoms with van der Waals surface area (Å²) >= 11 is 0. The minimum absolute atomic E-state index is 0.283. The summed E-state index contributed by atoms with van der Waals surface area (Å²) in [7, 11) is 0. The van der Waals surface area contributed by atoms with Gasteiger partial charge in [0.15, 0.2) is 5.82 Å². The standard InChI is InChI=1S/C18H16FN7/c1-12-22-24-25-26(12)15-6-4-5-14(9-15)20-10-13-11-21-23-18(13)16-7-2-3-8-17(16)19/h2-9,11,20H,10H2,1H3,(H,21,23). The molecule has 0 aliphatic carbocycles. The van der Waals surface area contributed by atoms with Crippen molar-refractivity contribution in [1.29, 1.82) is 0 Å². The van der Waals surface area contributed by atoms with Crippen molar-refractivity contribution in [2.75, 3.05) is 5.32 Å². The second kappa shape index (κ2) is 6.75. The number of aromatic amines is 1. The number of hydrogen-bond acceptors (Lipinski definition) is 5. The first kappa shape index (κ1) is 15.9. The fraction of sp³-hybridized carbons (Fsp3) is 0.111. The van der Waals surface area contributed by atoms with Gasteiger partial charge in [-0.2, -0.15) is 9.78 Å². The maximum atomic E-state index is 14.1. The molecule has 0 radical (unpaired) electrons. The number of nitrogens with one attached hydrogen (secondary N) is 2. The molecule has 8 heteroatoms. The Morgan fingerprint density at radius 2 is 2.04 bits per heavy atom. The maximum absolute atomic E-state index is 14.1. The lowest BCUT2D eigenvalue weighted by atomic mass is 10.1. The average Bonchev–Trinajstić information content (AvgIpc) is 3.29. The van der Waals surface area contributed by atoms with Gasteiger partial charge in [-0.15, -0.1) is 5.10 Å². The molecule has 0 saturated carbocycles. The first-order valence-electron chi connectivity index (χ1n) is 8.09. The van der Waals surface area contributed by atoms with Gasteiger partial charge in [-0.05, 0) is 47.7 Å². The van der Waals surface area contributed by atoms with E-state index >= 15 is 0 Å². The Bertz CT molecular complexity index is 1040. The molecular weight excluding hydrogens is 333 g/mol. The molecule has 4 aromatic rings. The van der Waals surface area contributed by atoms with Gasteiger partial charge in [0.25, 0.3) is 0 Å². The Morgan fingerprint density at radius 1 is 1.15 bits per heavy atom. The lowest BCUT2D eigenvalue weighted by molar-refractivity contribution is 0.630. The fourth-order valence-corrected chi connectivity index (χ4v) is 2.76. The van der Waals surface area contributed by atoms with E-state index in [9.17, 15) is 4.39 Å². The SMILES string of the molecule is Cc1nnnn1-c1cccc(NCc2cn[nH]c2-c2ccccc2F)c1. The Labute approximate surface area is 148 Å². The number of hydrogen-bond donors (Lipinski definition) is 2. The van der Waals surface area contributed by atoms with Crippen LogP contribution >= 0.6 is 0 Å². The van der Waals surface area contributed by atoms with Crippen LogP contribution in [0.25, 0.3) is 16.9 Å². The first-order valence-corrected chi connectivity index (χ1v) is 8.09. The number of halogens is 1. The van der Waals surface area contributed by atoms with Gasteiger partial charge in [0.2, 0.25) is 0 Å². The molecule has 0 bridgehead atoms. The van der Waals surface area contributed by atoms with Crippen molar-refractivity contribution < 1.29 is 4.39 Å². The van der Waals surface area contributed by atoms with E-state index in [-0.39, 0.29) is 5.82 Å². The summed E-state index contributed by atoms with van der Waals surface area (Å²) in [5.74, 6) is 0.424. The quantitative estimate of drug-likeness (QED) is 0.578. The van der Waals surface area contributed by atoms with Gasteiger partial charge in [0, 0.05) is 23.4 Å². The summed E-state index contributed by atoms with van der Waals surface area (Å²) < 4.78 is 15.7. The van der Waals surface area contributed by atoms with Crippen LogP contribution in [0.15, 0.2) is 54.7 Å². The smallest absolute Gasteiger partial charge is 0.153 e. The minimum Gasteiger partial charge on any atom is -0.381 e. The van der Waals surface area contributed by atoms with E-state index in [0.29, 0.717) is 23.6 Å². The molecule has 2 heterocycles. The second-order valence-corrected chi connectivity index (χ2v) is 5.79. The Kier molecular flexibility index (Phi) is 4.14. The van der Waals surface area contributed by atoms with Crippen LogP contribution in [0.2, 0.25) is 0 Å². The zero-order valence-corrected chi connectivity index (χ0v) is 14.0. The molecule has 0 atom stereocenters. The van der Waals surface area contributed by atoms with Gasteiger partial charge in [0.1, 0.15) is 5.82 Å². The monoisotopic (exact) mass is 349 g/mol. The minimum atomic E-state index is -0.283. The topological polar surface area (TPSA) is 84.3 Å². The van der Waals surface area contributed by atoms with Crippen LogP contribution in [0.3, 0.4) is 0 Å². The molecule has 7 nitrogen and oxygen atoms in total. The number of aryl methyl sites for hydroxylation is 1. The van der Waals surface area contributed by atoms with E-state index in [0.717, 1.165) is 16.9 Å². The zero-order chi connectivity index (χ0) is 17.9. The highest BCUT2D eigenvalue weighted by atomic mass is 19.1. The van der Waals surface area contributed by atoms with Crippen LogP contribution in [0.1, 0.15) is 11.4 Å². The average molecular weight is 349 g/mol. The fourth-order valence-electron chi connectivity index (χ4n) is 2.76. The highest BCUT2D eigenvalue weighted by molar-refractivity contribution is 5.64. The van der Waals surface area contributed by atoms with Crippen LogP contribution in [-0.2, 0) is 6.54 Å². The van der Waals surface area contributed by atoms with Gasteiger partial charge in [-0.3, -0.25) is 5.10 Å². The van der Waals surface area contributed by atoms with E-state index in [1.165, 1.54) is 6.07 Å². The van der Waals surface area contributed by atoms with Gasteiger partial charge in [0.05, 0.1) is 17.6 Å². The molecule has 2 N–H and O–H groups in total. The predicted molar refractivity (Wildman–Crippen MR) is 95.2 cm³/mol. The summed E-state index contributed by atoms with van der Waals surface area (Å²) in [6, 6.07) is 14.4. The first-order chi connectivity index (χ1) is 12.7. The predicted octanol–water partition coefficient (Wildman–Crippen LogP) is 3.11. The Hall–Kier alpha value is -3.55. The van der Waals surface area contributed by atoms with E-state index in [2.05, 4.69) is 31.0 Å². The third-order valence-electron chi connectivity index (χ3n) is 4.06. The van der Waals surface area contributed by atoms with Gasteiger partial charge >= 0.3 is 0 Å². The summed E-state index contributed by atoms with van der Waals surface area (Å²) in [5.41, 5.74) is 3.80. The third-order valence-corrected chi connectivity index (χ3v) is 4.06. The highest BCUT2D eigenvalue weighted by Crippen LogP contribution is 2.25. The Morgan fingerprint density at radius 3 is 2.85 bits per heavy atom. The van der Waals surface area contributed by atoms with E-state index in [1.54, 1.807) is 29.1 Å². The summed E-state index contributed by atoms with van der Waals surface area (Å²) in [6.45, 7) is 2.34. The maximum Gasteiger partial charge on any atom is 0.153 e. The van der Waals surface area contributed by atoms with Crippen LogP contribution < -0.4 is 5.32 Å². The lowest BCUT2D eigenvalue weighted by Crippen LogP contribution is -2.03. The molecule has 2 aromatic heterocycles. The molecule has 0 amide bonds. The molecule has 2 aromatic carbocycles. The number of benzene rings is 2. The number of aromatic nitrogens is 6. The van der Waals surface area contributed by atoms with Crippen LogP contribution in [0, 0.1) is 12.7 Å². The van der Waals surface area contributed by atoms with Gasteiger partial charge in [-0.25, -0.2) is 4.39 Å². The number of H-pyrrole nitrogens is 1. The molecule has 0 spiro atoms. The number of tetrazole rings is 1. The lowest BCUT2D eigenvalue weighted by Gasteiger charge is -2.09. The summed E-state index contributed by atoms with van der Waals surface area (Å²) in [6.07, 6.45) is 1.70. The zero-order valence-electron chi connectivity index (χ0n) is 14.0. The van der Waals surface area contributed by atoms with E-state index in [4.69, 9.17) is 0 Å². The molecular formula is C18H16FN7. The van der Waals surface area contributed by atoms with E-state index < -0.39 is 0 Å². The van der Waals surface area contributed by atoms with Crippen molar-refractivity contribution in [3.05, 3.63) is 71.9 Å². The summed E-state index contributed by atoms with van der Waals surface area (Å²) in [4.78, 5) is 0. The second-order valence-electron chi connectivity index (χ2n) is 5.79. The van der Waals surface area contributed by atoms with Crippen molar-refractivity contribution in [1.82, 2.24) is 30.4 Å². The molecule has 26 heavy (non-hydrogen) atoms. The summed E-state index contributed by atoms with van der Waals surface area (Å²) in [5, 5.41) is 21.8. The number of rotatable bonds is 5. The van der Waals surface area contributed by atoms with Gasteiger partial charge < -0.3 is 5.32 Å². The molecule has 0 saturated heterocycles. The normalized spacial score (nSPS) is 10.8. The van der Waals surface area contributed by atoms with Crippen molar-refractivity contribution in [2.24, 2.45) is 0 Å². The van der Waals surface area contributed by atoms with Crippen LogP contribution in [0.5, 0.6) is 0 Å². The molecule has 4 rings (SSSR count). The van der Waals surface area contributed by atoms with Crippen LogP contribution in [-0.4, -0.2) is 30.4 Å². The van der Waals surface area contributed by atoms with Gasteiger partial charge in [-0.1, -0.05) is 18.2 Å². The van der Waals surface area contributed by atoms with Crippen molar-refractivity contribution >= 4 is 5.69 Å². The number of nitrogens with zero attached hydrogens (tertiary/aromatic N) is 5. The van der Waals surface area contributed by atoms with Crippen LogP contribution in [0.4, 0.5) is 10.1 Å². The number of anilines is 1. The van der Waals surface area contributed by atoms with Crippen molar-refractivity contribution in [2.45, 2.75) is 13.5 Å².